The summed E-state index contributed by atoms with van der Waals surface area (Å²) in [6, 6.07) is 12.2. The van der Waals surface area contributed by atoms with E-state index in [1.165, 1.54) is 5.56 Å². The molecule has 1 aliphatic heterocycles. The number of morpholine rings is 1. The van der Waals surface area contributed by atoms with Gasteiger partial charge < -0.3 is 13.9 Å². The fourth-order valence-electron chi connectivity index (χ4n) is 2.69. The summed E-state index contributed by atoms with van der Waals surface area (Å²) in [5, 5.41) is 0. The summed E-state index contributed by atoms with van der Waals surface area (Å²) in [5.74, 6) is 1.91. The van der Waals surface area contributed by atoms with Gasteiger partial charge in [0.05, 0.1) is 32.6 Å². The normalized spacial score (nSPS) is 19.6. The Kier molecular flexibility index (Phi) is 4.58. The Morgan fingerprint density at radius 2 is 2.10 bits per heavy atom. The quantitative estimate of drug-likeness (QED) is 0.847. The standard InChI is InChI=1S/C17H21NO3/c1-19-15-6-4-14(5-7-15)11-17-13-18(8-10-21-17)12-16-3-2-9-20-16/h2-7,9,17H,8,10-13H2,1H3/t17-/m1/s1. The van der Waals surface area contributed by atoms with Gasteiger partial charge in [0, 0.05) is 13.1 Å². The second-order valence-corrected chi connectivity index (χ2v) is 5.36. The number of hydrogen-bond acceptors (Lipinski definition) is 4. The fourth-order valence-corrected chi connectivity index (χ4v) is 2.69. The number of methoxy groups -OCH3 is 1. The van der Waals surface area contributed by atoms with Gasteiger partial charge in [-0.15, -0.1) is 0 Å². The van der Waals surface area contributed by atoms with Gasteiger partial charge in [-0.3, -0.25) is 4.90 Å². The predicted molar refractivity (Wildman–Crippen MR) is 80.4 cm³/mol. The van der Waals surface area contributed by atoms with Crippen LogP contribution in [-0.2, 0) is 17.7 Å². The first-order chi connectivity index (χ1) is 10.3. The molecule has 2 aromatic rings. The van der Waals surface area contributed by atoms with Gasteiger partial charge in [0.2, 0.25) is 0 Å². The predicted octanol–water partition coefficient (Wildman–Crippen LogP) is 2.73. The first-order valence-electron chi connectivity index (χ1n) is 7.33. The average molecular weight is 287 g/mol. The van der Waals surface area contributed by atoms with Crippen LogP contribution in [0.15, 0.2) is 47.1 Å². The highest BCUT2D eigenvalue weighted by Gasteiger charge is 2.21. The zero-order valence-corrected chi connectivity index (χ0v) is 12.3. The van der Waals surface area contributed by atoms with E-state index in [2.05, 4.69) is 17.0 Å². The van der Waals surface area contributed by atoms with E-state index in [0.717, 1.165) is 44.2 Å². The van der Waals surface area contributed by atoms with Crippen molar-refractivity contribution in [3.05, 3.63) is 54.0 Å². The summed E-state index contributed by atoms with van der Waals surface area (Å²) in [4.78, 5) is 2.39. The minimum Gasteiger partial charge on any atom is -0.497 e. The van der Waals surface area contributed by atoms with Crippen molar-refractivity contribution in [2.24, 2.45) is 0 Å². The molecule has 1 aromatic carbocycles. The zero-order chi connectivity index (χ0) is 14.5. The van der Waals surface area contributed by atoms with Gasteiger partial charge in [0.1, 0.15) is 11.5 Å². The van der Waals surface area contributed by atoms with E-state index >= 15 is 0 Å². The van der Waals surface area contributed by atoms with E-state index in [0.29, 0.717) is 0 Å². The van der Waals surface area contributed by atoms with Crippen molar-refractivity contribution < 1.29 is 13.9 Å². The van der Waals surface area contributed by atoms with Crippen LogP contribution in [0.3, 0.4) is 0 Å². The molecule has 1 aromatic heterocycles. The van der Waals surface area contributed by atoms with Crippen LogP contribution in [0.4, 0.5) is 0 Å². The summed E-state index contributed by atoms with van der Waals surface area (Å²) >= 11 is 0. The second-order valence-electron chi connectivity index (χ2n) is 5.36. The van der Waals surface area contributed by atoms with Crippen molar-refractivity contribution in [2.45, 2.75) is 19.1 Å². The molecule has 4 heteroatoms. The molecule has 4 nitrogen and oxygen atoms in total. The summed E-state index contributed by atoms with van der Waals surface area (Å²) in [6.45, 7) is 3.53. The number of hydrogen-bond donors (Lipinski definition) is 0. The molecule has 1 fully saturated rings. The van der Waals surface area contributed by atoms with E-state index in [4.69, 9.17) is 13.9 Å². The van der Waals surface area contributed by atoms with Crippen molar-refractivity contribution in [3.63, 3.8) is 0 Å². The van der Waals surface area contributed by atoms with Crippen LogP contribution in [0.1, 0.15) is 11.3 Å². The van der Waals surface area contributed by atoms with Crippen molar-refractivity contribution in [3.8, 4) is 5.75 Å². The van der Waals surface area contributed by atoms with E-state index in [9.17, 15) is 0 Å². The minimum atomic E-state index is 0.238. The van der Waals surface area contributed by atoms with Gasteiger partial charge in [0.15, 0.2) is 0 Å². The lowest BCUT2D eigenvalue weighted by atomic mass is 10.1. The maximum absolute atomic E-state index is 5.88. The third kappa shape index (κ3) is 3.86. The van der Waals surface area contributed by atoms with Crippen LogP contribution in [0, 0.1) is 0 Å². The van der Waals surface area contributed by atoms with Gasteiger partial charge in [-0.05, 0) is 36.2 Å². The van der Waals surface area contributed by atoms with Crippen molar-refractivity contribution >= 4 is 0 Å². The van der Waals surface area contributed by atoms with Crippen LogP contribution in [-0.4, -0.2) is 37.8 Å². The molecule has 0 amide bonds. The van der Waals surface area contributed by atoms with Crippen LogP contribution in [0.5, 0.6) is 5.75 Å². The van der Waals surface area contributed by atoms with E-state index in [1.54, 1.807) is 13.4 Å². The third-order valence-electron chi connectivity index (χ3n) is 3.80. The average Bonchev–Trinajstić information content (AvgIpc) is 3.01. The Labute approximate surface area is 125 Å². The summed E-state index contributed by atoms with van der Waals surface area (Å²) in [5.41, 5.74) is 1.28. The minimum absolute atomic E-state index is 0.238. The molecule has 0 saturated carbocycles. The van der Waals surface area contributed by atoms with Crippen LogP contribution >= 0.6 is 0 Å². The van der Waals surface area contributed by atoms with Gasteiger partial charge in [-0.25, -0.2) is 0 Å². The molecule has 21 heavy (non-hydrogen) atoms. The SMILES string of the molecule is COc1ccc(C[C@@H]2CN(Cc3ccco3)CCO2)cc1. The molecule has 112 valence electrons. The van der Waals surface area contributed by atoms with Gasteiger partial charge >= 0.3 is 0 Å². The number of ether oxygens (including phenoxy) is 2. The largest absolute Gasteiger partial charge is 0.497 e. The number of nitrogens with zero attached hydrogens (tertiary/aromatic N) is 1. The molecule has 0 aliphatic carbocycles. The van der Waals surface area contributed by atoms with E-state index in [-0.39, 0.29) is 6.10 Å². The zero-order valence-electron chi connectivity index (χ0n) is 12.3. The Balaban J connectivity index is 1.55. The maximum atomic E-state index is 5.88. The lowest BCUT2D eigenvalue weighted by Crippen LogP contribution is -2.42. The smallest absolute Gasteiger partial charge is 0.118 e. The highest BCUT2D eigenvalue weighted by molar-refractivity contribution is 5.27. The molecule has 1 aliphatic rings. The molecular weight excluding hydrogens is 266 g/mol. The number of benzene rings is 1. The second kappa shape index (κ2) is 6.78. The summed E-state index contributed by atoms with van der Waals surface area (Å²) < 4.78 is 16.5. The summed E-state index contributed by atoms with van der Waals surface area (Å²) in [7, 11) is 1.69. The molecule has 2 heterocycles. The molecule has 0 spiro atoms. The van der Waals surface area contributed by atoms with E-state index in [1.807, 2.05) is 24.3 Å². The molecule has 1 saturated heterocycles. The Morgan fingerprint density at radius 1 is 1.24 bits per heavy atom. The fraction of sp³-hybridized carbons (Fsp3) is 0.412. The monoisotopic (exact) mass is 287 g/mol. The van der Waals surface area contributed by atoms with E-state index < -0.39 is 0 Å². The Hall–Kier alpha value is -1.78. The molecule has 1 atom stereocenters. The number of furan rings is 1. The first kappa shape index (κ1) is 14.2. The van der Waals surface area contributed by atoms with Crippen LogP contribution in [0.25, 0.3) is 0 Å². The van der Waals surface area contributed by atoms with Crippen LogP contribution < -0.4 is 4.74 Å². The Bertz CT molecular complexity index is 536. The van der Waals surface area contributed by atoms with Gasteiger partial charge in [-0.1, -0.05) is 12.1 Å². The van der Waals surface area contributed by atoms with Gasteiger partial charge in [-0.2, -0.15) is 0 Å². The topological polar surface area (TPSA) is 34.8 Å². The van der Waals surface area contributed by atoms with Crippen molar-refractivity contribution in [2.75, 3.05) is 26.8 Å². The van der Waals surface area contributed by atoms with Crippen molar-refractivity contribution in [1.29, 1.82) is 0 Å². The molecule has 0 unspecified atom stereocenters. The highest BCUT2D eigenvalue weighted by atomic mass is 16.5. The van der Waals surface area contributed by atoms with Crippen LogP contribution in [0.2, 0.25) is 0 Å². The molecule has 0 N–H and O–H groups in total. The lowest BCUT2D eigenvalue weighted by Gasteiger charge is -2.32. The van der Waals surface area contributed by atoms with Crippen molar-refractivity contribution in [1.82, 2.24) is 4.90 Å². The molecular formula is C17H21NO3. The maximum Gasteiger partial charge on any atom is 0.118 e. The first-order valence-corrected chi connectivity index (χ1v) is 7.33. The molecule has 0 radical (unpaired) electrons. The molecule has 0 bridgehead atoms. The third-order valence-corrected chi connectivity index (χ3v) is 3.80. The number of rotatable bonds is 5. The summed E-state index contributed by atoms with van der Waals surface area (Å²) in [6.07, 6.45) is 2.89. The molecule has 3 rings (SSSR count). The van der Waals surface area contributed by atoms with Gasteiger partial charge in [0.25, 0.3) is 0 Å². The Morgan fingerprint density at radius 3 is 2.81 bits per heavy atom. The highest BCUT2D eigenvalue weighted by Crippen LogP contribution is 2.17. The lowest BCUT2D eigenvalue weighted by molar-refractivity contribution is -0.0322.